The van der Waals surface area contributed by atoms with Crippen LogP contribution in [0.25, 0.3) is 0 Å². The monoisotopic (exact) mass is 186 g/mol. The van der Waals surface area contributed by atoms with Crippen molar-refractivity contribution >= 4 is 0 Å². The average molecular weight is 186 g/mol. The molecule has 2 atom stereocenters. The molecule has 0 aromatic heterocycles. The normalized spacial score (nSPS) is 23.8. The zero-order valence-electron chi connectivity index (χ0n) is 8.36. The molecule has 0 aliphatic heterocycles. The second-order valence-corrected chi connectivity index (χ2v) is 3.47. The van der Waals surface area contributed by atoms with E-state index in [1.807, 2.05) is 37.3 Å². The third-order valence-corrected chi connectivity index (χ3v) is 2.29. The number of hydrogen-bond donors (Lipinski definition) is 0. The van der Waals surface area contributed by atoms with Gasteiger partial charge in [0.05, 0.1) is 6.10 Å². The summed E-state index contributed by atoms with van der Waals surface area (Å²) in [4.78, 5) is 0. The van der Waals surface area contributed by atoms with Gasteiger partial charge in [-0.25, -0.2) is 0 Å². The van der Waals surface area contributed by atoms with E-state index in [9.17, 15) is 0 Å². The van der Waals surface area contributed by atoms with Crippen LogP contribution in [0.5, 0.6) is 0 Å². The molecule has 0 saturated heterocycles. The summed E-state index contributed by atoms with van der Waals surface area (Å²) in [5.41, 5.74) is 1.09. The van der Waals surface area contributed by atoms with Crippen molar-refractivity contribution < 1.29 is 4.74 Å². The second-order valence-electron chi connectivity index (χ2n) is 3.47. The Morgan fingerprint density at radius 1 is 1.36 bits per heavy atom. The van der Waals surface area contributed by atoms with Crippen LogP contribution in [0, 0.1) is 17.8 Å². The van der Waals surface area contributed by atoms with E-state index in [2.05, 4.69) is 11.8 Å². The van der Waals surface area contributed by atoms with Gasteiger partial charge in [0.25, 0.3) is 0 Å². The van der Waals surface area contributed by atoms with Gasteiger partial charge < -0.3 is 4.74 Å². The Morgan fingerprint density at radius 2 is 2.14 bits per heavy atom. The highest BCUT2D eigenvalue weighted by atomic mass is 16.5. The Morgan fingerprint density at radius 3 is 2.86 bits per heavy atom. The summed E-state index contributed by atoms with van der Waals surface area (Å²) in [5.74, 6) is 6.87. The van der Waals surface area contributed by atoms with Crippen LogP contribution in [0.15, 0.2) is 30.3 Å². The first kappa shape index (κ1) is 9.30. The van der Waals surface area contributed by atoms with Gasteiger partial charge in [-0.2, -0.15) is 0 Å². The van der Waals surface area contributed by atoms with Gasteiger partial charge in [0.15, 0.2) is 0 Å². The van der Waals surface area contributed by atoms with Crippen LogP contribution in [0.1, 0.15) is 18.9 Å². The van der Waals surface area contributed by atoms with Crippen LogP contribution in [0.3, 0.4) is 0 Å². The van der Waals surface area contributed by atoms with Gasteiger partial charge in [0.2, 0.25) is 0 Å². The van der Waals surface area contributed by atoms with Gasteiger partial charge in [-0.3, -0.25) is 0 Å². The maximum absolute atomic E-state index is 5.45. The lowest BCUT2D eigenvalue weighted by atomic mass is 10.2. The lowest BCUT2D eigenvalue weighted by Gasteiger charge is -1.93. The molecule has 2 rings (SSSR count). The number of rotatable bonds is 2. The molecule has 0 unspecified atom stereocenters. The smallest absolute Gasteiger partial charge is 0.0726 e. The topological polar surface area (TPSA) is 9.23 Å². The highest BCUT2D eigenvalue weighted by molar-refractivity contribution is 5.35. The van der Waals surface area contributed by atoms with Crippen molar-refractivity contribution in [1.29, 1.82) is 0 Å². The fraction of sp³-hybridized carbons (Fsp3) is 0.385. The molecule has 1 nitrogen and oxygen atoms in total. The summed E-state index contributed by atoms with van der Waals surface area (Å²) >= 11 is 0. The van der Waals surface area contributed by atoms with Gasteiger partial charge in [-0.1, -0.05) is 30.0 Å². The predicted octanol–water partition coefficient (Wildman–Crippen LogP) is 2.46. The standard InChI is InChI=1S/C13H14O/c1-2-14-13-10-12(13)9-8-11-6-4-3-5-7-11/h3-7,12-13H,2,10H2,1H3/t12-,13-/m0/s1. The number of ether oxygens (including phenoxy) is 1. The fourth-order valence-electron chi connectivity index (χ4n) is 1.42. The van der Waals surface area contributed by atoms with Crippen molar-refractivity contribution in [2.45, 2.75) is 19.4 Å². The Balaban J connectivity index is 1.90. The maximum atomic E-state index is 5.45. The minimum atomic E-state index is 0.399. The molecular formula is C13H14O. The Labute approximate surface area is 85.1 Å². The summed E-state index contributed by atoms with van der Waals surface area (Å²) in [6, 6.07) is 10.1. The van der Waals surface area contributed by atoms with Gasteiger partial charge in [0.1, 0.15) is 0 Å². The Kier molecular flexibility index (Phi) is 2.86. The summed E-state index contributed by atoms with van der Waals surface area (Å²) in [6.07, 6.45) is 1.50. The van der Waals surface area contributed by atoms with Crippen LogP contribution in [0.4, 0.5) is 0 Å². The first-order valence-corrected chi connectivity index (χ1v) is 5.08. The lowest BCUT2D eigenvalue weighted by Crippen LogP contribution is -1.94. The van der Waals surface area contributed by atoms with Crippen molar-refractivity contribution in [3.63, 3.8) is 0 Å². The summed E-state index contributed by atoms with van der Waals surface area (Å²) in [5, 5.41) is 0. The third-order valence-electron chi connectivity index (χ3n) is 2.29. The fourth-order valence-corrected chi connectivity index (χ4v) is 1.42. The van der Waals surface area contributed by atoms with E-state index in [0.717, 1.165) is 18.6 Å². The first-order chi connectivity index (χ1) is 6.90. The number of hydrogen-bond acceptors (Lipinski definition) is 1. The summed E-state index contributed by atoms with van der Waals surface area (Å²) < 4.78 is 5.45. The molecule has 14 heavy (non-hydrogen) atoms. The van der Waals surface area contributed by atoms with Crippen molar-refractivity contribution in [1.82, 2.24) is 0 Å². The minimum Gasteiger partial charge on any atom is -0.377 e. The molecule has 1 aromatic carbocycles. The maximum Gasteiger partial charge on any atom is 0.0726 e. The largest absolute Gasteiger partial charge is 0.377 e. The molecule has 0 bridgehead atoms. The summed E-state index contributed by atoms with van der Waals surface area (Å²) in [6.45, 7) is 2.83. The molecule has 0 amide bonds. The van der Waals surface area contributed by atoms with E-state index in [0.29, 0.717) is 12.0 Å². The molecule has 0 heterocycles. The molecule has 1 aliphatic carbocycles. The van der Waals surface area contributed by atoms with Crippen LogP contribution >= 0.6 is 0 Å². The van der Waals surface area contributed by atoms with Crippen molar-refractivity contribution in [3.8, 4) is 11.8 Å². The molecule has 72 valence electrons. The van der Waals surface area contributed by atoms with Crippen LogP contribution in [0.2, 0.25) is 0 Å². The van der Waals surface area contributed by atoms with Crippen LogP contribution in [-0.4, -0.2) is 12.7 Å². The zero-order chi connectivity index (χ0) is 9.80. The predicted molar refractivity (Wildman–Crippen MR) is 56.8 cm³/mol. The highest BCUT2D eigenvalue weighted by Gasteiger charge is 2.36. The number of benzene rings is 1. The van der Waals surface area contributed by atoms with Crippen LogP contribution < -0.4 is 0 Å². The van der Waals surface area contributed by atoms with E-state index in [1.54, 1.807) is 0 Å². The zero-order valence-corrected chi connectivity index (χ0v) is 8.36. The van der Waals surface area contributed by atoms with E-state index in [4.69, 9.17) is 4.74 Å². The van der Waals surface area contributed by atoms with Crippen molar-refractivity contribution in [3.05, 3.63) is 35.9 Å². The van der Waals surface area contributed by atoms with E-state index < -0.39 is 0 Å². The van der Waals surface area contributed by atoms with Gasteiger partial charge in [-0.05, 0) is 25.5 Å². The van der Waals surface area contributed by atoms with Gasteiger partial charge >= 0.3 is 0 Å². The van der Waals surface area contributed by atoms with E-state index >= 15 is 0 Å². The molecule has 1 aliphatic rings. The third kappa shape index (κ3) is 2.37. The highest BCUT2D eigenvalue weighted by Crippen LogP contribution is 2.32. The lowest BCUT2D eigenvalue weighted by molar-refractivity contribution is 0.127. The van der Waals surface area contributed by atoms with Crippen molar-refractivity contribution in [2.75, 3.05) is 6.61 Å². The Hall–Kier alpha value is -1.26. The minimum absolute atomic E-state index is 0.399. The summed E-state index contributed by atoms with van der Waals surface area (Å²) in [7, 11) is 0. The first-order valence-electron chi connectivity index (χ1n) is 5.08. The molecule has 1 fully saturated rings. The van der Waals surface area contributed by atoms with Gasteiger partial charge in [-0.15, -0.1) is 0 Å². The molecule has 1 saturated carbocycles. The molecular weight excluding hydrogens is 172 g/mol. The molecule has 0 radical (unpaired) electrons. The SMILES string of the molecule is CCO[C@H]1C[C@@H]1C#Cc1ccccc1. The quantitative estimate of drug-likeness (QED) is 0.645. The Bertz CT molecular complexity index is 344. The van der Waals surface area contributed by atoms with Crippen LogP contribution in [-0.2, 0) is 4.74 Å². The molecule has 0 spiro atoms. The molecule has 1 aromatic rings. The van der Waals surface area contributed by atoms with Gasteiger partial charge in [0, 0.05) is 18.1 Å². The van der Waals surface area contributed by atoms with E-state index in [1.165, 1.54) is 0 Å². The molecule has 1 heteroatoms. The average Bonchev–Trinajstić information content (AvgIpc) is 2.96. The molecule has 0 N–H and O–H groups in total. The van der Waals surface area contributed by atoms with Crippen molar-refractivity contribution in [2.24, 2.45) is 5.92 Å². The second kappa shape index (κ2) is 4.30. The van der Waals surface area contributed by atoms with E-state index in [-0.39, 0.29) is 0 Å².